The maximum absolute atomic E-state index is 12.4. The van der Waals surface area contributed by atoms with Crippen molar-refractivity contribution in [2.75, 3.05) is 6.54 Å². The summed E-state index contributed by atoms with van der Waals surface area (Å²) in [6.07, 6.45) is -1.28. The van der Waals surface area contributed by atoms with Gasteiger partial charge in [0.2, 0.25) is 0 Å². The minimum absolute atomic E-state index is 0.387. The summed E-state index contributed by atoms with van der Waals surface area (Å²) in [4.78, 5) is 6.59. The molecule has 0 aliphatic carbocycles. The summed E-state index contributed by atoms with van der Waals surface area (Å²) in [7, 11) is 0. The molecule has 2 aromatic heterocycles. The van der Waals surface area contributed by atoms with Crippen LogP contribution in [0.1, 0.15) is 11.1 Å². The van der Waals surface area contributed by atoms with Crippen molar-refractivity contribution in [2.45, 2.75) is 12.6 Å². The highest BCUT2D eigenvalue weighted by Crippen LogP contribution is 2.30. The molecule has 0 fully saturated rings. The number of fused-ring (bicyclic) bond motifs is 1. The van der Waals surface area contributed by atoms with Crippen molar-refractivity contribution in [3.63, 3.8) is 0 Å². The number of aromatic nitrogens is 2. The van der Waals surface area contributed by atoms with Crippen molar-refractivity contribution in [3.05, 3.63) is 29.6 Å². The molecule has 0 spiro atoms. The zero-order valence-electron chi connectivity index (χ0n) is 8.30. The third-order valence-electron chi connectivity index (χ3n) is 2.33. The Balaban J connectivity index is 2.49. The van der Waals surface area contributed by atoms with E-state index in [-0.39, 0.29) is 0 Å². The number of alkyl halides is 3. The topological polar surface area (TPSA) is 54.7 Å². The predicted molar refractivity (Wildman–Crippen MR) is 53.9 cm³/mol. The molecule has 0 radical (unpaired) electrons. The molecule has 0 bridgehead atoms. The smallest absolute Gasteiger partial charge is 0.360 e. The molecule has 16 heavy (non-hydrogen) atoms. The molecule has 2 aromatic rings. The van der Waals surface area contributed by atoms with Gasteiger partial charge in [-0.15, -0.1) is 0 Å². The Morgan fingerprint density at radius 3 is 2.75 bits per heavy atom. The minimum Gasteiger partial charge on any atom is -0.360 e. The quantitative estimate of drug-likeness (QED) is 0.828. The summed E-state index contributed by atoms with van der Waals surface area (Å²) in [6.45, 7) is 0.440. The van der Waals surface area contributed by atoms with Crippen LogP contribution in [-0.2, 0) is 12.6 Å². The number of pyridine rings is 1. The maximum Gasteiger partial charge on any atom is 0.417 e. The van der Waals surface area contributed by atoms with Crippen LogP contribution in [0.3, 0.4) is 0 Å². The molecule has 0 amide bonds. The molecule has 0 aromatic carbocycles. The molecule has 0 saturated carbocycles. The van der Waals surface area contributed by atoms with Gasteiger partial charge in [0, 0.05) is 12.4 Å². The van der Waals surface area contributed by atoms with Gasteiger partial charge in [0.05, 0.1) is 16.6 Å². The van der Waals surface area contributed by atoms with Gasteiger partial charge in [-0.25, -0.2) is 0 Å². The Hall–Kier alpha value is -1.56. The number of nitrogens with zero attached hydrogens (tertiary/aromatic N) is 1. The molecule has 0 aliphatic heterocycles. The molecule has 86 valence electrons. The van der Waals surface area contributed by atoms with Crippen LogP contribution >= 0.6 is 0 Å². The van der Waals surface area contributed by atoms with Gasteiger partial charge >= 0.3 is 6.18 Å². The van der Waals surface area contributed by atoms with Crippen LogP contribution in [0.15, 0.2) is 18.5 Å². The van der Waals surface area contributed by atoms with Gasteiger partial charge in [-0.05, 0) is 24.6 Å². The fourth-order valence-corrected chi connectivity index (χ4v) is 1.57. The molecule has 2 rings (SSSR count). The number of rotatable bonds is 2. The molecule has 0 atom stereocenters. The maximum atomic E-state index is 12.4. The first-order chi connectivity index (χ1) is 7.52. The van der Waals surface area contributed by atoms with Crippen molar-refractivity contribution in [1.82, 2.24) is 9.97 Å². The van der Waals surface area contributed by atoms with Crippen molar-refractivity contribution in [1.29, 1.82) is 0 Å². The Bertz CT molecular complexity index is 501. The Kier molecular flexibility index (Phi) is 2.59. The van der Waals surface area contributed by atoms with Gasteiger partial charge in [-0.1, -0.05) is 0 Å². The number of hydrogen-bond donors (Lipinski definition) is 2. The molecule has 6 heteroatoms. The first kappa shape index (κ1) is 10.9. The highest BCUT2D eigenvalue weighted by molar-refractivity contribution is 5.79. The first-order valence-electron chi connectivity index (χ1n) is 4.75. The normalized spacial score (nSPS) is 12.2. The van der Waals surface area contributed by atoms with Crippen molar-refractivity contribution in [2.24, 2.45) is 5.73 Å². The minimum atomic E-state index is -4.36. The van der Waals surface area contributed by atoms with E-state index in [1.54, 1.807) is 6.20 Å². The molecular formula is C10H10F3N3. The number of halogens is 3. The van der Waals surface area contributed by atoms with E-state index in [2.05, 4.69) is 9.97 Å². The molecule has 3 nitrogen and oxygen atoms in total. The molecule has 0 saturated heterocycles. The van der Waals surface area contributed by atoms with E-state index in [0.29, 0.717) is 24.0 Å². The van der Waals surface area contributed by atoms with Gasteiger partial charge in [0.1, 0.15) is 0 Å². The lowest BCUT2D eigenvalue weighted by Crippen LogP contribution is -2.05. The van der Waals surface area contributed by atoms with Crippen molar-refractivity contribution < 1.29 is 13.2 Å². The summed E-state index contributed by atoms with van der Waals surface area (Å²) >= 11 is 0. The summed E-state index contributed by atoms with van der Waals surface area (Å²) in [5, 5.41) is 0. The van der Waals surface area contributed by atoms with Gasteiger partial charge < -0.3 is 10.7 Å². The van der Waals surface area contributed by atoms with Gasteiger partial charge in [-0.2, -0.15) is 13.2 Å². The van der Waals surface area contributed by atoms with Crippen LogP contribution in [0.25, 0.3) is 11.0 Å². The summed E-state index contributed by atoms with van der Waals surface area (Å²) in [6, 6.07) is 1.06. The van der Waals surface area contributed by atoms with Crippen molar-refractivity contribution >= 4 is 11.0 Å². The van der Waals surface area contributed by atoms with E-state index < -0.39 is 11.7 Å². The zero-order valence-corrected chi connectivity index (χ0v) is 8.30. The Labute approximate surface area is 89.5 Å². The average Bonchev–Trinajstić information content (AvgIpc) is 2.60. The molecule has 0 unspecified atom stereocenters. The van der Waals surface area contributed by atoms with Crippen LogP contribution in [0, 0.1) is 0 Å². The number of H-pyrrole nitrogens is 1. The second kappa shape index (κ2) is 3.79. The van der Waals surface area contributed by atoms with E-state index in [1.165, 1.54) is 0 Å². The second-order valence-electron chi connectivity index (χ2n) is 3.47. The average molecular weight is 229 g/mol. The predicted octanol–water partition coefficient (Wildman–Crippen LogP) is 2.08. The van der Waals surface area contributed by atoms with Crippen LogP contribution in [0.2, 0.25) is 0 Å². The SMILES string of the molecule is NCCc1c[nH]c2cc(C(F)(F)F)cnc12. The number of aromatic amines is 1. The summed E-state index contributed by atoms with van der Waals surface area (Å²) in [5.74, 6) is 0. The van der Waals surface area contributed by atoms with E-state index in [0.717, 1.165) is 17.8 Å². The number of hydrogen-bond acceptors (Lipinski definition) is 2. The standard InChI is InChI=1S/C10H10F3N3/c11-10(12,13)7-3-8-9(16-5-7)6(1-2-14)4-15-8/h3-5,15H,1-2,14H2. The van der Waals surface area contributed by atoms with E-state index in [9.17, 15) is 13.2 Å². The first-order valence-corrected chi connectivity index (χ1v) is 4.75. The third kappa shape index (κ3) is 1.88. The fraction of sp³-hybridized carbons (Fsp3) is 0.300. The Morgan fingerprint density at radius 2 is 2.12 bits per heavy atom. The van der Waals surface area contributed by atoms with E-state index in [1.807, 2.05) is 0 Å². The van der Waals surface area contributed by atoms with E-state index >= 15 is 0 Å². The lowest BCUT2D eigenvalue weighted by atomic mass is 10.2. The summed E-state index contributed by atoms with van der Waals surface area (Å²) < 4.78 is 37.2. The lowest BCUT2D eigenvalue weighted by molar-refractivity contribution is -0.137. The van der Waals surface area contributed by atoms with Crippen LogP contribution in [0.4, 0.5) is 13.2 Å². The fourth-order valence-electron chi connectivity index (χ4n) is 1.57. The van der Waals surface area contributed by atoms with Gasteiger partial charge in [-0.3, -0.25) is 4.98 Å². The molecular weight excluding hydrogens is 219 g/mol. The van der Waals surface area contributed by atoms with Crippen LogP contribution in [-0.4, -0.2) is 16.5 Å². The zero-order chi connectivity index (χ0) is 11.8. The van der Waals surface area contributed by atoms with Crippen LogP contribution < -0.4 is 5.73 Å². The number of nitrogens with two attached hydrogens (primary N) is 1. The van der Waals surface area contributed by atoms with Gasteiger partial charge in [0.15, 0.2) is 0 Å². The lowest BCUT2D eigenvalue weighted by Gasteiger charge is -2.05. The second-order valence-corrected chi connectivity index (χ2v) is 3.47. The monoisotopic (exact) mass is 229 g/mol. The van der Waals surface area contributed by atoms with Crippen LogP contribution in [0.5, 0.6) is 0 Å². The summed E-state index contributed by atoms with van der Waals surface area (Å²) in [5.41, 5.74) is 6.42. The third-order valence-corrected chi connectivity index (χ3v) is 2.33. The number of nitrogens with one attached hydrogen (secondary N) is 1. The molecule has 2 heterocycles. The Morgan fingerprint density at radius 1 is 1.38 bits per heavy atom. The largest absolute Gasteiger partial charge is 0.417 e. The van der Waals surface area contributed by atoms with Gasteiger partial charge in [0.25, 0.3) is 0 Å². The molecule has 3 N–H and O–H groups in total. The highest BCUT2D eigenvalue weighted by Gasteiger charge is 2.31. The van der Waals surface area contributed by atoms with Crippen molar-refractivity contribution in [3.8, 4) is 0 Å². The highest BCUT2D eigenvalue weighted by atomic mass is 19.4. The van der Waals surface area contributed by atoms with E-state index in [4.69, 9.17) is 5.73 Å². The molecule has 0 aliphatic rings.